The Kier molecular flexibility index (Phi) is 5.42. The van der Waals surface area contributed by atoms with Crippen molar-refractivity contribution in [2.24, 2.45) is 5.73 Å². The lowest BCUT2D eigenvalue weighted by Crippen LogP contribution is -2.03. The molecule has 0 unspecified atom stereocenters. The first-order valence-corrected chi connectivity index (χ1v) is 7.05. The molecule has 0 spiro atoms. The van der Waals surface area contributed by atoms with Gasteiger partial charge in [0.2, 0.25) is 0 Å². The van der Waals surface area contributed by atoms with Crippen molar-refractivity contribution in [2.75, 3.05) is 6.61 Å². The molecule has 2 N–H and O–H groups in total. The molecule has 2 aromatic rings. The summed E-state index contributed by atoms with van der Waals surface area (Å²) in [6, 6.07) is 10.1. The zero-order valence-electron chi connectivity index (χ0n) is 11.7. The fraction of sp³-hybridized carbons (Fsp3) is 0.250. The highest BCUT2D eigenvalue weighted by atomic mass is 35.5. The van der Waals surface area contributed by atoms with Crippen molar-refractivity contribution >= 4 is 11.6 Å². The summed E-state index contributed by atoms with van der Waals surface area (Å²) >= 11 is 5.91. The fourth-order valence-corrected chi connectivity index (χ4v) is 2.06. The molecule has 0 saturated carbocycles. The summed E-state index contributed by atoms with van der Waals surface area (Å²) in [6.45, 7) is 3.00. The summed E-state index contributed by atoms with van der Waals surface area (Å²) in [5, 5.41) is 0.0778. The van der Waals surface area contributed by atoms with Gasteiger partial charge in [-0.2, -0.15) is 0 Å². The van der Waals surface area contributed by atoms with Crippen LogP contribution in [0.3, 0.4) is 0 Å². The van der Waals surface area contributed by atoms with Crippen LogP contribution in [-0.2, 0) is 13.2 Å². The molecule has 0 heterocycles. The average Bonchev–Trinajstić information content (AvgIpc) is 2.50. The van der Waals surface area contributed by atoms with E-state index >= 15 is 0 Å². The molecule has 0 bridgehead atoms. The van der Waals surface area contributed by atoms with E-state index < -0.39 is 5.82 Å². The van der Waals surface area contributed by atoms with Gasteiger partial charge >= 0.3 is 0 Å². The van der Waals surface area contributed by atoms with E-state index in [0.717, 1.165) is 5.56 Å². The Balaban J connectivity index is 2.17. The second-order valence-electron chi connectivity index (χ2n) is 4.42. The van der Waals surface area contributed by atoms with Crippen LogP contribution >= 0.6 is 11.6 Å². The Labute approximate surface area is 128 Å². The van der Waals surface area contributed by atoms with E-state index in [-0.39, 0.29) is 11.6 Å². The molecule has 3 nitrogen and oxygen atoms in total. The molecule has 5 heteroatoms. The maximum absolute atomic E-state index is 13.4. The molecule has 0 aromatic heterocycles. The van der Waals surface area contributed by atoms with Gasteiger partial charge in [-0.3, -0.25) is 0 Å². The molecule has 0 aliphatic heterocycles. The van der Waals surface area contributed by atoms with Gasteiger partial charge in [-0.05, 0) is 30.7 Å². The van der Waals surface area contributed by atoms with Crippen molar-refractivity contribution in [2.45, 2.75) is 20.1 Å². The van der Waals surface area contributed by atoms with Gasteiger partial charge in [-0.25, -0.2) is 4.39 Å². The molecule has 0 atom stereocenters. The SMILES string of the molecule is CCOc1cc(CN)ccc1OCc1cccc(F)c1Cl. The maximum Gasteiger partial charge on any atom is 0.161 e. The van der Waals surface area contributed by atoms with Gasteiger partial charge in [0.25, 0.3) is 0 Å². The third-order valence-electron chi connectivity index (χ3n) is 2.96. The summed E-state index contributed by atoms with van der Waals surface area (Å²) in [5.74, 6) is 0.739. The Bertz CT molecular complexity index is 619. The van der Waals surface area contributed by atoms with Crippen LogP contribution in [0.4, 0.5) is 4.39 Å². The molecule has 0 radical (unpaired) electrons. The number of halogens is 2. The lowest BCUT2D eigenvalue weighted by molar-refractivity contribution is 0.269. The third kappa shape index (κ3) is 3.86. The Morgan fingerprint density at radius 2 is 1.95 bits per heavy atom. The molecule has 112 valence electrons. The zero-order valence-corrected chi connectivity index (χ0v) is 12.5. The van der Waals surface area contributed by atoms with Gasteiger partial charge < -0.3 is 15.2 Å². The lowest BCUT2D eigenvalue weighted by Gasteiger charge is -2.13. The van der Waals surface area contributed by atoms with Crippen LogP contribution in [0.1, 0.15) is 18.1 Å². The van der Waals surface area contributed by atoms with Gasteiger partial charge in [-0.15, -0.1) is 0 Å². The molecule has 21 heavy (non-hydrogen) atoms. The summed E-state index contributed by atoms with van der Waals surface area (Å²) in [5.41, 5.74) is 7.15. The fourth-order valence-electron chi connectivity index (χ4n) is 1.88. The summed E-state index contributed by atoms with van der Waals surface area (Å²) in [7, 11) is 0. The van der Waals surface area contributed by atoms with E-state index in [0.29, 0.717) is 30.2 Å². The van der Waals surface area contributed by atoms with Crippen LogP contribution in [0, 0.1) is 5.82 Å². The van der Waals surface area contributed by atoms with Crippen molar-refractivity contribution in [3.63, 3.8) is 0 Å². The topological polar surface area (TPSA) is 44.5 Å². The Morgan fingerprint density at radius 1 is 1.14 bits per heavy atom. The molecule has 0 amide bonds. The van der Waals surface area contributed by atoms with E-state index in [2.05, 4.69) is 0 Å². The largest absolute Gasteiger partial charge is 0.490 e. The molecule has 2 rings (SSSR count). The van der Waals surface area contributed by atoms with Crippen molar-refractivity contribution in [1.29, 1.82) is 0 Å². The minimum absolute atomic E-state index is 0.0778. The first-order chi connectivity index (χ1) is 10.2. The number of hydrogen-bond donors (Lipinski definition) is 1. The van der Waals surface area contributed by atoms with Gasteiger partial charge in [0, 0.05) is 12.1 Å². The van der Waals surface area contributed by atoms with Crippen LogP contribution < -0.4 is 15.2 Å². The number of rotatable bonds is 6. The van der Waals surface area contributed by atoms with Gasteiger partial charge in [0.05, 0.1) is 11.6 Å². The number of ether oxygens (including phenoxy) is 2. The molecular formula is C16H17ClFNO2. The van der Waals surface area contributed by atoms with E-state index in [1.165, 1.54) is 6.07 Å². The van der Waals surface area contributed by atoms with E-state index in [1.807, 2.05) is 19.1 Å². The van der Waals surface area contributed by atoms with Crippen molar-refractivity contribution in [3.05, 3.63) is 58.4 Å². The van der Waals surface area contributed by atoms with E-state index in [1.54, 1.807) is 18.2 Å². The predicted octanol–water partition coefficient (Wildman–Crippen LogP) is 3.92. The van der Waals surface area contributed by atoms with Crippen LogP contribution in [0.2, 0.25) is 5.02 Å². The summed E-state index contributed by atoms with van der Waals surface area (Å²) < 4.78 is 24.6. The molecule has 0 aliphatic carbocycles. The smallest absolute Gasteiger partial charge is 0.161 e. The number of benzene rings is 2. The molecule has 0 fully saturated rings. The number of hydrogen-bond acceptors (Lipinski definition) is 3. The van der Waals surface area contributed by atoms with Gasteiger partial charge in [0.15, 0.2) is 11.5 Å². The van der Waals surface area contributed by atoms with Crippen molar-refractivity contribution in [1.82, 2.24) is 0 Å². The standard InChI is InChI=1S/C16H17ClFNO2/c1-2-20-15-8-11(9-19)6-7-14(15)21-10-12-4-3-5-13(18)16(12)17/h3-8H,2,9-10,19H2,1H3. The Morgan fingerprint density at radius 3 is 2.67 bits per heavy atom. The highest BCUT2D eigenvalue weighted by Gasteiger charge is 2.09. The van der Waals surface area contributed by atoms with Crippen LogP contribution in [0.25, 0.3) is 0 Å². The number of nitrogens with two attached hydrogens (primary N) is 1. The minimum atomic E-state index is -0.457. The van der Waals surface area contributed by atoms with Crippen LogP contribution in [0.5, 0.6) is 11.5 Å². The highest BCUT2D eigenvalue weighted by molar-refractivity contribution is 6.31. The van der Waals surface area contributed by atoms with Gasteiger partial charge in [-0.1, -0.05) is 29.8 Å². The first kappa shape index (κ1) is 15.6. The summed E-state index contributed by atoms with van der Waals surface area (Å²) in [6.07, 6.45) is 0. The van der Waals surface area contributed by atoms with Crippen molar-refractivity contribution in [3.8, 4) is 11.5 Å². The minimum Gasteiger partial charge on any atom is -0.490 e. The first-order valence-electron chi connectivity index (χ1n) is 6.67. The second-order valence-corrected chi connectivity index (χ2v) is 4.80. The zero-order chi connectivity index (χ0) is 15.2. The lowest BCUT2D eigenvalue weighted by atomic mass is 10.2. The molecule has 2 aromatic carbocycles. The molecule has 0 aliphatic rings. The normalized spacial score (nSPS) is 10.5. The van der Waals surface area contributed by atoms with Crippen LogP contribution in [0.15, 0.2) is 36.4 Å². The van der Waals surface area contributed by atoms with E-state index in [9.17, 15) is 4.39 Å². The highest BCUT2D eigenvalue weighted by Crippen LogP contribution is 2.30. The average molecular weight is 310 g/mol. The summed E-state index contributed by atoms with van der Waals surface area (Å²) in [4.78, 5) is 0. The Hall–Kier alpha value is -1.78. The van der Waals surface area contributed by atoms with Gasteiger partial charge in [0.1, 0.15) is 12.4 Å². The molecular weight excluding hydrogens is 293 g/mol. The maximum atomic E-state index is 13.4. The van der Waals surface area contributed by atoms with Crippen LogP contribution in [-0.4, -0.2) is 6.61 Å². The monoisotopic (exact) mass is 309 g/mol. The predicted molar refractivity (Wildman–Crippen MR) is 81.2 cm³/mol. The van der Waals surface area contributed by atoms with E-state index in [4.69, 9.17) is 26.8 Å². The quantitative estimate of drug-likeness (QED) is 0.879. The van der Waals surface area contributed by atoms with Crippen molar-refractivity contribution < 1.29 is 13.9 Å². The molecule has 0 saturated heterocycles. The second kappa shape index (κ2) is 7.29. The third-order valence-corrected chi connectivity index (χ3v) is 3.38.